The van der Waals surface area contributed by atoms with Gasteiger partial charge < -0.3 is 25.6 Å². The number of carbonyl (C=O) groups is 2. The fraction of sp³-hybridized carbons (Fsp3) is 0.214. The number of carbonyl (C=O) groups excluding carboxylic acids is 2. The highest BCUT2D eigenvalue weighted by molar-refractivity contribution is 7.17. The fourth-order valence-corrected chi connectivity index (χ4v) is 4.99. The van der Waals surface area contributed by atoms with E-state index in [1.807, 2.05) is 29.6 Å². The minimum atomic E-state index is -0.310. The van der Waals surface area contributed by atoms with Crippen molar-refractivity contribution in [1.82, 2.24) is 20.2 Å². The van der Waals surface area contributed by atoms with Crippen LogP contribution < -0.4 is 20.7 Å². The van der Waals surface area contributed by atoms with Gasteiger partial charge in [-0.15, -0.1) is 11.3 Å². The van der Waals surface area contributed by atoms with Crippen molar-refractivity contribution in [2.24, 2.45) is 0 Å². The Kier molecular flexibility index (Phi) is 7.62. The van der Waals surface area contributed by atoms with Crippen LogP contribution in [0.25, 0.3) is 10.2 Å². The summed E-state index contributed by atoms with van der Waals surface area (Å²) in [6.45, 7) is 5.40. The van der Waals surface area contributed by atoms with Crippen molar-refractivity contribution < 1.29 is 14.3 Å². The first-order valence-electron chi connectivity index (χ1n) is 12.3. The lowest BCUT2D eigenvalue weighted by atomic mass is 10.0. The highest BCUT2D eigenvalue weighted by Gasteiger charge is 2.21. The lowest BCUT2D eigenvalue weighted by molar-refractivity contribution is -0.111. The Morgan fingerprint density at radius 2 is 1.92 bits per heavy atom. The minimum Gasteiger partial charge on any atom is -0.437 e. The number of thiophene rings is 1. The number of aromatic nitrogens is 2. The van der Waals surface area contributed by atoms with Gasteiger partial charge in [0.2, 0.25) is 17.7 Å². The third kappa shape index (κ3) is 5.99. The van der Waals surface area contributed by atoms with Gasteiger partial charge in [0.25, 0.3) is 5.91 Å². The van der Waals surface area contributed by atoms with E-state index in [1.165, 1.54) is 17.4 Å². The van der Waals surface area contributed by atoms with Crippen molar-refractivity contribution in [3.63, 3.8) is 0 Å². The Bertz CT molecular complexity index is 1480. The zero-order valence-corrected chi connectivity index (χ0v) is 21.8. The number of nitrogens with one attached hydrogen (secondary N) is 3. The molecule has 2 aromatic heterocycles. The van der Waals surface area contributed by atoms with Gasteiger partial charge in [-0.3, -0.25) is 9.59 Å². The molecule has 0 spiro atoms. The largest absolute Gasteiger partial charge is 0.437 e. The van der Waals surface area contributed by atoms with Gasteiger partial charge in [-0.25, -0.2) is 4.98 Å². The average Bonchev–Trinajstić information content (AvgIpc) is 3.39. The van der Waals surface area contributed by atoms with Crippen LogP contribution >= 0.6 is 11.3 Å². The van der Waals surface area contributed by atoms with Crippen LogP contribution in [0.2, 0.25) is 0 Å². The maximum absolute atomic E-state index is 13.2. The van der Waals surface area contributed by atoms with Crippen molar-refractivity contribution >= 4 is 50.7 Å². The summed E-state index contributed by atoms with van der Waals surface area (Å²) in [4.78, 5) is 36.3. The number of nitrogens with zero attached hydrogens (tertiary/aromatic N) is 3. The van der Waals surface area contributed by atoms with Crippen LogP contribution in [0.1, 0.15) is 23.2 Å². The third-order valence-electron chi connectivity index (χ3n) is 6.25. The second-order valence-corrected chi connectivity index (χ2v) is 9.95. The molecule has 4 aromatic rings. The first kappa shape index (κ1) is 25.4. The summed E-state index contributed by atoms with van der Waals surface area (Å²) in [5.41, 5.74) is 2.42. The molecule has 2 amide bonds. The fourth-order valence-electron chi connectivity index (χ4n) is 4.23. The van der Waals surface area contributed by atoms with Crippen LogP contribution in [0.5, 0.6) is 11.6 Å². The number of likely N-dealkylation sites (tertiary alicyclic amines) is 1. The standard InChI is InChI=1S/C28H28N6O3S/c1-3-24(35)29-19-7-6-8-20(17-19)37-27-25-23(13-16-38-25)32-28(33-27)31-22-10-5-4-9-21(22)26(36)30-18-11-14-34(2)15-12-18/h3-10,13,16-18H,1,11-12,14-15H2,2H3,(H,29,35)(H,30,36)(H,31,32,33). The number of piperidine rings is 1. The number of benzene rings is 2. The van der Waals surface area contributed by atoms with Crippen molar-refractivity contribution in [3.8, 4) is 11.6 Å². The van der Waals surface area contributed by atoms with Crippen molar-refractivity contribution in [3.05, 3.63) is 78.2 Å². The first-order valence-corrected chi connectivity index (χ1v) is 13.2. The van der Waals surface area contributed by atoms with Crippen molar-refractivity contribution in [2.45, 2.75) is 18.9 Å². The molecule has 2 aromatic carbocycles. The van der Waals surface area contributed by atoms with E-state index in [2.05, 4.69) is 44.4 Å². The Balaban J connectivity index is 1.38. The van der Waals surface area contributed by atoms with Gasteiger partial charge in [0.1, 0.15) is 10.4 Å². The lowest BCUT2D eigenvalue weighted by Crippen LogP contribution is -2.43. The van der Waals surface area contributed by atoms with Gasteiger partial charge in [-0.05, 0) is 74.8 Å². The molecule has 3 heterocycles. The number of hydrogen-bond donors (Lipinski definition) is 3. The molecule has 0 atom stereocenters. The Labute approximate surface area is 224 Å². The van der Waals surface area contributed by atoms with Crippen LogP contribution in [0.4, 0.5) is 17.3 Å². The van der Waals surface area contributed by atoms with Crippen LogP contribution in [0.15, 0.2) is 72.6 Å². The second-order valence-electron chi connectivity index (χ2n) is 9.03. The van der Waals surface area contributed by atoms with Crippen LogP contribution in [-0.2, 0) is 4.79 Å². The Morgan fingerprint density at radius 3 is 2.74 bits per heavy atom. The number of rotatable bonds is 8. The molecule has 0 bridgehead atoms. The molecule has 1 aliphatic heterocycles. The third-order valence-corrected chi connectivity index (χ3v) is 7.14. The predicted molar refractivity (Wildman–Crippen MR) is 150 cm³/mol. The molecule has 0 aliphatic carbocycles. The molecule has 9 nitrogen and oxygen atoms in total. The molecule has 0 radical (unpaired) electrons. The average molecular weight is 529 g/mol. The maximum Gasteiger partial charge on any atom is 0.253 e. The monoisotopic (exact) mass is 528 g/mol. The van der Waals surface area contributed by atoms with E-state index in [0.717, 1.165) is 30.6 Å². The SMILES string of the molecule is C=CC(=O)Nc1cccc(Oc2nc(Nc3ccccc3C(=O)NC3CCN(C)CC3)nc3ccsc23)c1. The normalized spacial score (nSPS) is 14.1. The predicted octanol–water partition coefficient (Wildman–Crippen LogP) is 5.18. The number of amides is 2. The Hall–Kier alpha value is -4.28. The Morgan fingerprint density at radius 1 is 1.11 bits per heavy atom. The number of ether oxygens (including phenoxy) is 1. The molecule has 5 rings (SSSR count). The molecule has 3 N–H and O–H groups in total. The summed E-state index contributed by atoms with van der Waals surface area (Å²) in [6.07, 6.45) is 3.06. The summed E-state index contributed by atoms with van der Waals surface area (Å²) in [6, 6.07) is 16.4. The maximum atomic E-state index is 13.2. The molecular weight excluding hydrogens is 500 g/mol. The van der Waals surface area contributed by atoms with E-state index in [4.69, 9.17) is 4.74 Å². The number of para-hydroxylation sites is 1. The molecular formula is C28H28N6O3S. The van der Waals surface area contributed by atoms with E-state index in [-0.39, 0.29) is 17.9 Å². The van der Waals surface area contributed by atoms with Crippen molar-refractivity contribution in [2.75, 3.05) is 30.8 Å². The van der Waals surface area contributed by atoms with E-state index in [1.54, 1.807) is 30.3 Å². The van der Waals surface area contributed by atoms with E-state index >= 15 is 0 Å². The molecule has 1 aliphatic rings. The van der Waals surface area contributed by atoms with Crippen LogP contribution in [-0.4, -0.2) is 52.9 Å². The number of hydrogen-bond acceptors (Lipinski definition) is 8. The molecule has 0 unspecified atom stereocenters. The van der Waals surface area contributed by atoms with Gasteiger partial charge in [-0.2, -0.15) is 4.98 Å². The van der Waals surface area contributed by atoms with E-state index in [0.29, 0.717) is 40.0 Å². The second kappa shape index (κ2) is 11.4. The number of anilines is 3. The van der Waals surface area contributed by atoms with E-state index < -0.39 is 0 Å². The van der Waals surface area contributed by atoms with Crippen LogP contribution in [0.3, 0.4) is 0 Å². The summed E-state index contributed by atoms with van der Waals surface area (Å²) in [5.74, 6) is 0.739. The van der Waals surface area contributed by atoms with Gasteiger partial charge in [-0.1, -0.05) is 24.8 Å². The molecule has 38 heavy (non-hydrogen) atoms. The zero-order chi connectivity index (χ0) is 26.5. The summed E-state index contributed by atoms with van der Waals surface area (Å²) >= 11 is 1.47. The van der Waals surface area contributed by atoms with Gasteiger partial charge in [0.05, 0.1) is 16.8 Å². The van der Waals surface area contributed by atoms with Crippen molar-refractivity contribution in [1.29, 1.82) is 0 Å². The van der Waals surface area contributed by atoms with Gasteiger partial charge in [0.15, 0.2) is 0 Å². The zero-order valence-electron chi connectivity index (χ0n) is 20.9. The minimum absolute atomic E-state index is 0.130. The summed E-state index contributed by atoms with van der Waals surface area (Å²) < 4.78 is 6.91. The molecule has 0 saturated carbocycles. The molecule has 10 heteroatoms. The molecule has 194 valence electrons. The highest BCUT2D eigenvalue weighted by Crippen LogP contribution is 2.34. The summed E-state index contributed by atoms with van der Waals surface area (Å²) in [5, 5.41) is 11.0. The molecule has 1 saturated heterocycles. The first-order chi connectivity index (χ1) is 18.5. The smallest absolute Gasteiger partial charge is 0.253 e. The number of fused-ring (bicyclic) bond motifs is 1. The molecule has 1 fully saturated rings. The summed E-state index contributed by atoms with van der Waals surface area (Å²) in [7, 11) is 2.09. The van der Waals surface area contributed by atoms with Crippen LogP contribution in [0, 0.1) is 0 Å². The quantitative estimate of drug-likeness (QED) is 0.271. The topological polar surface area (TPSA) is 108 Å². The highest BCUT2D eigenvalue weighted by atomic mass is 32.1. The van der Waals surface area contributed by atoms with E-state index in [9.17, 15) is 9.59 Å². The van der Waals surface area contributed by atoms with Gasteiger partial charge in [0, 0.05) is 17.8 Å². The van der Waals surface area contributed by atoms with Gasteiger partial charge >= 0.3 is 0 Å². The lowest BCUT2D eigenvalue weighted by Gasteiger charge is -2.29.